The Hall–Kier alpha value is -2.61. The molecule has 3 heterocycles. The molecule has 2 aliphatic heterocycles. The first kappa shape index (κ1) is 30.4. The second-order valence-corrected chi connectivity index (χ2v) is 13.5. The zero-order chi connectivity index (χ0) is 29.0. The van der Waals surface area contributed by atoms with E-state index < -0.39 is 18.2 Å². The lowest BCUT2D eigenvalue weighted by Crippen LogP contribution is -2.47. The average molecular weight is 575 g/mol. The summed E-state index contributed by atoms with van der Waals surface area (Å²) in [6.07, 6.45) is 3.59. The fraction of sp³-hybridized carbons (Fsp3) is 0.700. The third kappa shape index (κ3) is 7.36. The molecule has 2 N–H and O–H groups in total. The molecule has 1 aliphatic carbocycles. The van der Waals surface area contributed by atoms with Crippen molar-refractivity contribution in [3.05, 3.63) is 15.8 Å². The van der Waals surface area contributed by atoms with Crippen LogP contribution in [0, 0.1) is 35.0 Å². The highest BCUT2D eigenvalue weighted by Crippen LogP contribution is 2.38. The number of hydrogen-bond acceptors (Lipinski definition) is 7. The first-order chi connectivity index (χ1) is 19.0. The van der Waals surface area contributed by atoms with Crippen LogP contribution in [0.2, 0.25) is 0 Å². The number of carbonyl (C=O) groups is 3. The Kier molecular flexibility index (Phi) is 9.80. The SMILES string of the molecule is CC1CCC(C(=O)N(c2cc(C#CC(C)(C)C)sc2C(=O)O)[C@H]2CCN(C(=O)O[C@H]3COC[C@H]3CCO)C2)CC1. The molecule has 4 rings (SSSR count). The van der Waals surface area contributed by atoms with Gasteiger partial charge in [-0.15, -0.1) is 11.3 Å². The maximum Gasteiger partial charge on any atom is 0.410 e. The molecule has 3 aliphatic rings. The van der Waals surface area contributed by atoms with Crippen LogP contribution in [0.5, 0.6) is 0 Å². The number of aliphatic hydroxyl groups is 1. The standard InChI is InChI=1S/C30H42N2O7S/c1-19-5-7-20(8-6-19)27(34)32(24-15-23(9-12-30(2,3)4)40-26(24)28(35)36)22-10-13-31(16-22)29(37)39-25-18-38-17-21(25)11-14-33/h15,19-22,25,33H,5-8,10-11,13-14,16-18H2,1-4H3,(H,35,36)/t19?,20?,21-,22+,25+/m1/s1. The maximum absolute atomic E-state index is 14.1. The highest BCUT2D eigenvalue weighted by atomic mass is 32.1. The number of nitrogens with zero attached hydrogens (tertiary/aromatic N) is 2. The molecule has 2 saturated heterocycles. The summed E-state index contributed by atoms with van der Waals surface area (Å²) in [7, 11) is 0. The Morgan fingerprint density at radius 1 is 1.18 bits per heavy atom. The van der Waals surface area contributed by atoms with Crippen molar-refractivity contribution in [1.82, 2.24) is 4.90 Å². The Balaban J connectivity index is 1.59. The molecule has 220 valence electrons. The number of carboxylic acid groups (broad SMARTS) is 1. The first-order valence-corrected chi connectivity index (χ1v) is 15.2. The highest BCUT2D eigenvalue weighted by Gasteiger charge is 2.41. The quantitative estimate of drug-likeness (QED) is 0.457. The third-order valence-electron chi connectivity index (χ3n) is 8.01. The van der Waals surface area contributed by atoms with Crippen molar-refractivity contribution in [2.24, 2.45) is 23.2 Å². The Labute approximate surface area is 240 Å². The predicted octanol–water partition coefficient (Wildman–Crippen LogP) is 4.61. The van der Waals surface area contributed by atoms with Crippen LogP contribution in [0.15, 0.2) is 6.07 Å². The van der Waals surface area contributed by atoms with Crippen molar-refractivity contribution in [2.45, 2.75) is 78.4 Å². The number of hydrogen-bond donors (Lipinski definition) is 2. The van der Waals surface area contributed by atoms with E-state index in [2.05, 4.69) is 18.8 Å². The summed E-state index contributed by atoms with van der Waals surface area (Å²) in [6.45, 7) is 9.56. The second kappa shape index (κ2) is 12.9. The lowest BCUT2D eigenvalue weighted by Gasteiger charge is -2.34. The van der Waals surface area contributed by atoms with Gasteiger partial charge in [0.05, 0.1) is 29.8 Å². The van der Waals surface area contributed by atoms with Gasteiger partial charge in [-0.3, -0.25) is 4.79 Å². The summed E-state index contributed by atoms with van der Waals surface area (Å²) in [6, 6.07) is 1.36. The molecule has 1 aromatic rings. The molecule has 1 saturated carbocycles. The number of thiophene rings is 1. The number of rotatable bonds is 7. The Morgan fingerprint density at radius 3 is 2.55 bits per heavy atom. The zero-order valence-electron chi connectivity index (χ0n) is 24.0. The molecule has 0 radical (unpaired) electrons. The molecule has 3 atom stereocenters. The van der Waals surface area contributed by atoms with E-state index in [1.165, 1.54) is 0 Å². The topological polar surface area (TPSA) is 117 Å². The smallest absolute Gasteiger partial charge is 0.410 e. The summed E-state index contributed by atoms with van der Waals surface area (Å²) in [5, 5.41) is 19.4. The van der Waals surface area contributed by atoms with E-state index in [1.54, 1.807) is 15.9 Å². The van der Waals surface area contributed by atoms with Crippen LogP contribution in [0.3, 0.4) is 0 Å². The minimum Gasteiger partial charge on any atom is -0.477 e. The van der Waals surface area contributed by atoms with Crippen LogP contribution in [-0.4, -0.2) is 78.1 Å². The van der Waals surface area contributed by atoms with Crippen LogP contribution in [0.1, 0.15) is 80.8 Å². The number of aromatic carboxylic acids is 1. The zero-order valence-corrected chi connectivity index (χ0v) is 24.8. The van der Waals surface area contributed by atoms with Gasteiger partial charge in [-0.1, -0.05) is 18.8 Å². The number of carbonyl (C=O) groups excluding carboxylic acids is 2. The number of carboxylic acids is 1. The molecule has 0 bridgehead atoms. The summed E-state index contributed by atoms with van der Waals surface area (Å²) < 4.78 is 11.2. The van der Waals surface area contributed by atoms with Crippen molar-refractivity contribution in [3.8, 4) is 11.8 Å². The second-order valence-electron chi connectivity index (χ2n) is 12.4. The number of amides is 2. The van der Waals surface area contributed by atoms with Crippen molar-refractivity contribution in [3.63, 3.8) is 0 Å². The minimum absolute atomic E-state index is 0.000445. The van der Waals surface area contributed by atoms with Crippen molar-refractivity contribution >= 4 is 35.0 Å². The largest absolute Gasteiger partial charge is 0.477 e. The van der Waals surface area contributed by atoms with Crippen molar-refractivity contribution in [1.29, 1.82) is 0 Å². The van der Waals surface area contributed by atoms with Gasteiger partial charge >= 0.3 is 12.1 Å². The van der Waals surface area contributed by atoms with Crippen molar-refractivity contribution < 1.29 is 34.1 Å². The lowest BCUT2D eigenvalue weighted by atomic mass is 9.82. The van der Waals surface area contributed by atoms with Crippen LogP contribution in [-0.2, 0) is 14.3 Å². The van der Waals surface area contributed by atoms with E-state index in [4.69, 9.17) is 9.47 Å². The monoisotopic (exact) mass is 574 g/mol. The first-order valence-electron chi connectivity index (χ1n) is 14.3. The molecular weight excluding hydrogens is 532 g/mol. The van der Waals surface area contributed by atoms with E-state index in [0.717, 1.165) is 37.0 Å². The van der Waals surface area contributed by atoms with Gasteiger partial charge in [-0.05, 0) is 71.3 Å². The fourth-order valence-corrected chi connectivity index (χ4v) is 6.53. The van der Waals surface area contributed by atoms with E-state index in [9.17, 15) is 24.6 Å². The molecule has 0 unspecified atom stereocenters. The lowest BCUT2D eigenvalue weighted by molar-refractivity contribution is -0.124. The molecule has 9 nitrogen and oxygen atoms in total. The molecule has 40 heavy (non-hydrogen) atoms. The summed E-state index contributed by atoms with van der Waals surface area (Å²) in [5.74, 6) is 5.44. The number of likely N-dealkylation sites (tertiary alicyclic amines) is 1. The molecule has 0 spiro atoms. The van der Waals surface area contributed by atoms with Gasteiger partial charge in [0.2, 0.25) is 5.91 Å². The summed E-state index contributed by atoms with van der Waals surface area (Å²) in [4.78, 5) is 43.5. The van der Waals surface area contributed by atoms with Gasteiger partial charge in [-0.2, -0.15) is 0 Å². The van der Waals surface area contributed by atoms with Crippen LogP contribution in [0.25, 0.3) is 0 Å². The van der Waals surface area contributed by atoms with Crippen LogP contribution < -0.4 is 4.90 Å². The third-order valence-corrected chi connectivity index (χ3v) is 9.04. The van der Waals surface area contributed by atoms with Gasteiger partial charge in [0.15, 0.2) is 0 Å². The normalized spacial score (nSPS) is 26.7. The molecule has 1 aromatic heterocycles. The van der Waals surface area contributed by atoms with Crippen LogP contribution >= 0.6 is 11.3 Å². The van der Waals surface area contributed by atoms with Crippen molar-refractivity contribution in [2.75, 3.05) is 37.8 Å². The molecule has 2 amide bonds. The van der Waals surface area contributed by atoms with Gasteiger partial charge in [0.25, 0.3) is 0 Å². The Morgan fingerprint density at radius 2 is 1.90 bits per heavy atom. The molecule has 3 fully saturated rings. The number of aliphatic hydroxyl groups excluding tert-OH is 1. The maximum atomic E-state index is 14.1. The van der Waals surface area contributed by atoms with E-state index in [0.29, 0.717) is 49.1 Å². The molecular formula is C30H42N2O7S. The van der Waals surface area contributed by atoms with E-state index in [-0.39, 0.29) is 47.2 Å². The number of anilines is 1. The van der Waals surface area contributed by atoms with Crippen LogP contribution in [0.4, 0.5) is 10.5 Å². The fourth-order valence-electron chi connectivity index (χ4n) is 5.69. The van der Waals surface area contributed by atoms with E-state index in [1.807, 2.05) is 20.8 Å². The van der Waals surface area contributed by atoms with E-state index >= 15 is 0 Å². The molecule has 0 aromatic carbocycles. The van der Waals surface area contributed by atoms with Gasteiger partial charge < -0.3 is 29.5 Å². The van der Waals surface area contributed by atoms with Gasteiger partial charge in [-0.25, -0.2) is 9.59 Å². The van der Waals surface area contributed by atoms with Gasteiger partial charge in [0, 0.05) is 36.9 Å². The predicted molar refractivity (Wildman–Crippen MR) is 152 cm³/mol. The Bertz CT molecular complexity index is 1140. The minimum atomic E-state index is -1.09. The number of ether oxygens (including phenoxy) is 2. The molecule has 10 heteroatoms. The highest BCUT2D eigenvalue weighted by molar-refractivity contribution is 7.15. The van der Waals surface area contributed by atoms with Gasteiger partial charge in [0.1, 0.15) is 11.0 Å². The average Bonchev–Trinajstić information content (AvgIpc) is 3.64. The summed E-state index contributed by atoms with van der Waals surface area (Å²) >= 11 is 1.09. The summed E-state index contributed by atoms with van der Waals surface area (Å²) in [5.41, 5.74) is 0.112.